The van der Waals surface area contributed by atoms with Crippen molar-refractivity contribution in [2.24, 2.45) is 0 Å². The summed E-state index contributed by atoms with van der Waals surface area (Å²) < 4.78 is 5.74. The summed E-state index contributed by atoms with van der Waals surface area (Å²) in [7, 11) is 1.53. The van der Waals surface area contributed by atoms with Crippen LogP contribution in [-0.4, -0.2) is 23.2 Å². The van der Waals surface area contributed by atoms with Gasteiger partial charge in [0.1, 0.15) is 0 Å². The Morgan fingerprint density at radius 1 is 1.71 bits per heavy atom. The zero-order valence-corrected chi connectivity index (χ0v) is 9.24. The van der Waals surface area contributed by atoms with Crippen LogP contribution in [0.3, 0.4) is 0 Å². The smallest absolute Gasteiger partial charge is 0.303 e. The first kappa shape index (κ1) is 11.0. The van der Waals surface area contributed by atoms with Gasteiger partial charge in [0, 0.05) is 23.2 Å². The Balaban J connectivity index is 2.78. The Hall–Kier alpha value is -1.10. The van der Waals surface area contributed by atoms with Crippen LogP contribution in [0.15, 0.2) is 16.7 Å². The predicted molar refractivity (Wildman–Crippen MR) is 54.4 cm³/mol. The van der Waals surface area contributed by atoms with E-state index < -0.39 is 5.97 Å². The van der Waals surface area contributed by atoms with Gasteiger partial charge in [0.25, 0.3) is 0 Å². The van der Waals surface area contributed by atoms with Crippen molar-refractivity contribution in [3.05, 3.63) is 22.3 Å². The molecule has 1 rings (SSSR count). The number of aliphatic carboxylic acids is 1. The molecule has 1 aromatic heterocycles. The van der Waals surface area contributed by atoms with E-state index in [4.69, 9.17) is 9.84 Å². The van der Waals surface area contributed by atoms with E-state index in [0.29, 0.717) is 12.3 Å². The fraction of sp³-hybridized carbons (Fsp3) is 0.333. The van der Waals surface area contributed by atoms with Gasteiger partial charge in [-0.2, -0.15) is 0 Å². The Labute approximate surface area is 90.0 Å². The minimum atomic E-state index is -0.812. The number of pyridine rings is 1. The zero-order chi connectivity index (χ0) is 10.6. The van der Waals surface area contributed by atoms with E-state index in [0.717, 1.165) is 10.0 Å². The lowest BCUT2D eigenvalue weighted by molar-refractivity contribution is -0.136. The molecule has 0 aliphatic rings. The van der Waals surface area contributed by atoms with Crippen LogP contribution >= 0.6 is 15.9 Å². The molecule has 1 aromatic rings. The topological polar surface area (TPSA) is 59.4 Å². The second kappa shape index (κ2) is 4.95. The molecular weight excluding hydrogens is 250 g/mol. The van der Waals surface area contributed by atoms with Crippen LogP contribution in [0.4, 0.5) is 0 Å². The molecule has 0 saturated heterocycles. The van der Waals surface area contributed by atoms with Crippen LogP contribution in [-0.2, 0) is 11.2 Å². The Morgan fingerprint density at radius 3 is 3.00 bits per heavy atom. The van der Waals surface area contributed by atoms with Crippen molar-refractivity contribution in [2.45, 2.75) is 12.8 Å². The average molecular weight is 260 g/mol. The molecule has 1 heterocycles. The van der Waals surface area contributed by atoms with Crippen molar-refractivity contribution in [1.82, 2.24) is 4.98 Å². The quantitative estimate of drug-likeness (QED) is 0.897. The maximum Gasteiger partial charge on any atom is 0.303 e. The molecule has 5 heteroatoms. The van der Waals surface area contributed by atoms with E-state index in [2.05, 4.69) is 20.9 Å². The molecule has 0 saturated carbocycles. The van der Waals surface area contributed by atoms with Crippen LogP contribution in [0.25, 0.3) is 0 Å². The second-order valence-corrected chi connectivity index (χ2v) is 3.57. The van der Waals surface area contributed by atoms with Crippen LogP contribution in [0.1, 0.15) is 12.0 Å². The molecule has 0 aromatic carbocycles. The van der Waals surface area contributed by atoms with Gasteiger partial charge in [-0.25, -0.2) is 4.98 Å². The first-order chi connectivity index (χ1) is 6.63. The fourth-order valence-corrected chi connectivity index (χ4v) is 1.42. The first-order valence-corrected chi connectivity index (χ1v) is 4.83. The van der Waals surface area contributed by atoms with Crippen molar-refractivity contribution in [2.75, 3.05) is 7.11 Å². The van der Waals surface area contributed by atoms with Crippen LogP contribution in [0.2, 0.25) is 0 Å². The lowest BCUT2D eigenvalue weighted by atomic mass is 10.1. The van der Waals surface area contributed by atoms with Gasteiger partial charge in [0.15, 0.2) is 0 Å². The van der Waals surface area contributed by atoms with Crippen molar-refractivity contribution in [3.63, 3.8) is 0 Å². The normalized spacial score (nSPS) is 9.86. The van der Waals surface area contributed by atoms with Crippen LogP contribution in [0, 0.1) is 0 Å². The number of aryl methyl sites for hydroxylation is 1. The summed E-state index contributed by atoms with van der Waals surface area (Å²) in [5.41, 5.74) is 0.888. The maximum atomic E-state index is 10.4. The molecule has 4 nitrogen and oxygen atoms in total. The molecule has 0 atom stereocenters. The van der Waals surface area contributed by atoms with Gasteiger partial charge in [-0.1, -0.05) is 0 Å². The number of hydrogen-bond acceptors (Lipinski definition) is 3. The minimum absolute atomic E-state index is 0.103. The predicted octanol–water partition coefficient (Wildman–Crippen LogP) is 1.87. The van der Waals surface area contributed by atoms with Gasteiger partial charge in [-0.3, -0.25) is 4.79 Å². The SMILES string of the molecule is COc1cc(CCC(=O)O)c(Br)cn1. The fourth-order valence-electron chi connectivity index (χ4n) is 1.00. The number of methoxy groups -OCH3 is 1. The van der Waals surface area contributed by atoms with Gasteiger partial charge in [-0.15, -0.1) is 0 Å². The van der Waals surface area contributed by atoms with E-state index in [1.54, 1.807) is 12.3 Å². The number of halogens is 1. The number of aromatic nitrogens is 1. The highest BCUT2D eigenvalue weighted by molar-refractivity contribution is 9.10. The van der Waals surface area contributed by atoms with Gasteiger partial charge in [0.2, 0.25) is 5.88 Å². The van der Waals surface area contributed by atoms with Crippen molar-refractivity contribution < 1.29 is 14.6 Å². The summed E-state index contributed by atoms with van der Waals surface area (Å²) in [6.45, 7) is 0. The lowest BCUT2D eigenvalue weighted by Gasteiger charge is -2.04. The minimum Gasteiger partial charge on any atom is -0.481 e. The molecule has 76 valence electrons. The lowest BCUT2D eigenvalue weighted by Crippen LogP contribution is -1.99. The molecule has 0 aliphatic heterocycles. The molecule has 0 spiro atoms. The summed E-state index contributed by atoms with van der Waals surface area (Å²) in [4.78, 5) is 14.3. The first-order valence-electron chi connectivity index (χ1n) is 4.03. The molecular formula is C9H10BrNO3. The van der Waals surface area contributed by atoms with E-state index in [1.165, 1.54) is 7.11 Å². The summed E-state index contributed by atoms with van der Waals surface area (Å²) in [5.74, 6) is -0.318. The maximum absolute atomic E-state index is 10.4. The monoisotopic (exact) mass is 259 g/mol. The van der Waals surface area contributed by atoms with E-state index in [-0.39, 0.29) is 6.42 Å². The molecule has 0 radical (unpaired) electrons. The highest BCUT2D eigenvalue weighted by Crippen LogP contribution is 2.20. The highest BCUT2D eigenvalue weighted by atomic mass is 79.9. The van der Waals surface area contributed by atoms with E-state index in [9.17, 15) is 4.79 Å². The summed E-state index contributed by atoms with van der Waals surface area (Å²) in [5, 5.41) is 8.53. The van der Waals surface area contributed by atoms with Gasteiger partial charge in [0.05, 0.1) is 7.11 Å². The molecule has 0 unspecified atom stereocenters. The van der Waals surface area contributed by atoms with E-state index in [1.807, 2.05) is 0 Å². The average Bonchev–Trinajstić information content (AvgIpc) is 2.16. The van der Waals surface area contributed by atoms with Crippen molar-refractivity contribution in [1.29, 1.82) is 0 Å². The number of ether oxygens (including phenoxy) is 1. The second-order valence-electron chi connectivity index (χ2n) is 2.71. The third kappa shape index (κ3) is 2.99. The highest BCUT2D eigenvalue weighted by Gasteiger charge is 2.05. The molecule has 0 bridgehead atoms. The number of nitrogens with zero attached hydrogens (tertiary/aromatic N) is 1. The summed E-state index contributed by atoms with van der Waals surface area (Å²) in [6.07, 6.45) is 2.18. The zero-order valence-electron chi connectivity index (χ0n) is 7.66. The van der Waals surface area contributed by atoms with Crippen molar-refractivity contribution in [3.8, 4) is 5.88 Å². The largest absolute Gasteiger partial charge is 0.481 e. The molecule has 14 heavy (non-hydrogen) atoms. The van der Waals surface area contributed by atoms with Gasteiger partial charge in [-0.05, 0) is 27.9 Å². The number of carboxylic acids is 1. The molecule has 0 fully saturated rings. The number of rotatable bonds is 4. The standard InChI is InChI=1S/C9H10BrNO3/c1-14-8-4-6(2-3-9(12)13)7(10)5-11-8/h4-5H,2-3H2,1H3,(H,12,13). The Kier molecular flexibility index (Phi) is 3.88. The van der Waals surface area contributed by atoms with Gasteiger partial charge >= 0.3 is 5.97 Å². The number of hydrogen-bond donors (Lipinski definition) is 1. The third-order valence-electron chi connectivity index (χ3n) is 1.73. The molecule has 0 amide bonds. The summed E-state index contributed by atoms with van der Waals surface area (Å²) >= 11 is 3.30. The Bertz CT molecular complexity index is 341. The van der Waals surface area contributed by atoms with E-state index >= 15 is 0 Å². The third-order valence-corrected chi connectivity index (χ3v) is 2.44. The van der Waals surface area contributed by atoms with Gasteiger partial charge < -0.3 is 9.84 Å². The van der Waals surface area contributed by atoms with Crippen LogP contribution in [0.5, 0.6) is 5.88 Å². The van der Waals surface area contributed by atoms with Crippen molar-refractivity contribution >= 4 is 21.9 Å². The molecule has 0 aliphatic carbocycles. The number of carboxylic acid groups (broad SMARTS) is 1. The van der Waals surface area contributed by atoms with Crippen LogP contribution < -0.4 is 4.74 Å². The Morgan fingerprint density at radius 2 is 2.43 bits per heavy atom. The molecule has 1 N–H and O–H groups in total. The summed E-state index contributed by atoms with van der Waals surface area (Å²) in [6, 6.07) is 1.73. The number of carbonyl (C=O) groups is 1.